The molecule has 0 bridgehead atoms. The molecule has 0 aliphatic carbocycles. The molecule has 6 aromatic heterocycles. The summed E-state index contributed by atoms with van der Waals surface area (Å²) < 4.78 is 11.3. The third kappa shape index (κ3) is 6.07. The summed E-state index contributed by atoms with van der Waals surface area (Å²) in [4.78, 5) is 21.7. The summed E-state index contributed by atoms with van der Waals surface area (Å²) in [6, 6.07) is 93.8. The zero-order valence-electron chi connectivity index (χ0n) is 40.9. The molecular formula is C66H43N9Si. The maximum atomic E-state index is 5.55. The Bertz CT molecular complexity index is 4690. The Balaban J connectivity index is 0.941. The van der Waals surface area contributed by atoms with E-state index in [1.54, 1.807) is 0 Å². The largest absolute Gasteiger partial charge is 0.309 e. The fraction of sp³-hybridized carbons (Fsp3) is 0. The SMILES string of the molecule is c1ccc([Si](c2ccccc2)(c2ccc(-c3nc(-n4c5ccccc5n5c6ccccc6nc45)cc(-n4c5ccccc5n5c6ccccc6nc45)n3)cc2)c2cccc(-n3c4ccccc4c4ccccc43)c2)cc1. The highest BCUT2D eigenvalue weighted by Crippen LogP contribution is 2.35. The molecule has 16 rings (SSSR count). The topological polar surface area (TPSA) is 75.2 Å². The molecule has 0 fully saturated rings. The monoisotopic (exact) mass is 989 g/mol. The molecule has 0 aliphatic rings. The summed E-state index contributed by atoms with van der Waals surface area (Å²) in [5, 5.41) is 7.59. The molecule has 9 nitrogen and oxygen atoms in total. The van der Waals surface area contributed by atoms with E-state index >= 15 is 0 Å². The molecule has 0 N–H and O–H groups in total. The molecule has 0 amide bonds. The lowest BCUT2D eigenvalue weighted by Crippen LogP contribution is -2.74. The van der Waals surface area contributed by atoms with Crippen LogP contribution in [-0.4, -0.2) is 50.5 Å². The molecular weight excluding hydrogens is 947 g/mol. The highest BCUT2D eigenvalue weighted by Gasteiger charge is 2.42. The van der Waals surface area contributed by atoms with Crippen LogP contribution in [-0.2, 0) is 0 Å². The molecule has 0 unspecified atom stereocenters. The lowest BCUT2D eigenvalue weighted by atomic mass is 10.2. The molecule has 0 spiro atoms. The van der Waals surface area contributed by atoms with Crippen LogP contribution in [0.5, 0.6) is 0 Å². The number of hydrogen-bond acceptors (Lipinski definition) is 4. The number of para-hydroxylation sites is 10. The van der Waals surface area contributed by atoms with Crippen molar-refractivity contribution < 1.29 is 0 Å². The molecule has 10 heteroatoms. The molecule has 6 heterocycles. The van der Waals surface area contributed by atoms with Crippen LogP contribution in [0.3, 0.4) is 0 Å². The van der Waals surface area contributed by atoms with Crippen molar-refractivity contribution >= 4 is 106 Å². The Morgan fingerprint density at radius 1 is 0.276 bits per heavy atom. The second kappa shape index (κ2) is 16.4. The zero-order valence-corrected chi connectivity index (χ0v) is 41.9. The lowest BCUT2D eigenvalue weighted by molar-refractivity contribution is 0.970. The van der Waals surface area contributed by atoms with E-state index in [2.05, 4.69) is 271 Å². The first-order valence-corrected chi connectivity index (χ1v) is 27.6. The smallest absolute Gasteiger partial charge is 0.221 e. The van der Waals surface area contributed by atoms with E-state index in [0.717, 1.165) is 66.9 Å². The van der Waals surface area contributed by atoms with Gasteiger partial charge < -0.3 is 4.57 Å². The number of benzene rings is 10. The van der Waals surface area contributed by atoms with Gasteiger partial charge in [0.05, 0.1) is 55.2 Å². The molecule has 76 heavy (non-hydrogen) atoms. The predicted octanol–water partition coefficient (Wildman–Crippen LogP) is 12.1. The summed E-state index contributed by atoms with van der Waals surface area (Å²) >= 11 is 0. The number of rotatable bonds is 8. The van der Waals surface area contributed by atoms with Gasteiger partial charge in [0.1, 0.15) is 11.6 Å². The predicted molar refractivity (Wildman–Crippen MR) is 312 cm³/mol. The third-order valence-electron chi connectivity index (χ3n) is 15.5. The molecule has 16 aromatic rings. The van der Waals surface area contributed by atoms with Gasteiger partial charge in [0.2, 0.25) is 11.6 Å². The highest BCUT2D eigenvalue weighted by atomic mass is 28.3. The van der Waals surface area contributed by atoms with Crippen molar-refractivity contribution in [3.8, 4) is 28.7 Å². The fourth-order valence-electron chi connectivity index (χ4n) is 12.3. The Labute approximate surface area is 436 Å². The van der Waals surface area contributed by atoms with Gasteiger partial charge >= 0.3 is 0 Å². The van der Waals surface area contributed by atoms with E-state index in [1.165, 1.54) is 42.6 Å². The van der Waals surface area contributed by atoms with E-state index in [-0.39, 0.29) is 0 Å². The number of imidazole rings is 4. The normalized spacial score (nSPS) is 12.2. The van der Waals surface area contributed by atoms with Crippen molar-refractivity contribution in [3.05, 3.63) is 261 Å². The first-order chi connectivity index (χ1) is 37.7. The zero-order chi connectivity index (χ0) is 49.9. The first-order valence-electron chi connectivity index (χ1n) is 25.6. The summed E-state index contributed by atoms with van der Waals surface area (Å²) in [5.74, 6) is 3.51. The molecule has 10 aromatic carbocycles. The van der Waals surface area contributed by atoms with Crippen LogP contribution in [0, 0.1) is 0 Å². The Kier molecular flexibility index (Phi) is 9.15. The van der Waals surface area contributed by atoms with Crippen molar-refractivity contribution in [3.63, 3.8) is 0 Å². The second-order valence-corrected chi connectivity index (χ2v) is 23.3. The number of nitrogens with zero attached hydrogens (tertiary/aromatic N) is 9. The van der Waals surface area contributed by atoms with Crippen LogP contribution in [0.15, 0.2) is 261 Å². The van der Waals surface area contributed by atoms with Crippen LogP contribution >= 0.6 is 0 Å². The van der Waals surface area contributed by atoms with E-state index in [4.69, 9.17) is 19.9 Å². The standard InChI is InChI=1S/C66H43N9Si/c1-3-21-46(22-4-1)76(47-23-5-2-6-24-47,49-25-19-20-45(42-49)71-54-30-11-7-26-50(54)51-27-8-12-31-55(51)71)48-40-38-44(39-41-48)64-69-62(74-60-36-17-15-34-58(60)72-56-32-13-9-28-52(56)67-65(72)74)43-63(70-64)75-61-37-18-16-35-59(61)73-57-33-14-10-29-53(57)68-66(73)75/h1-43H. The molecule has 0 saturated carbocycles. The van der Waals surface area contributed by atoms with Crippen LogP contribution in [0.4, 0.5) is 0 Å². The minimum absolute atomic E-state index is 0.582. The average Bonchev–Trinajstić information content (AvgIpc) is 4.36. The Hall–Kier alpha value is -10.2. The number of fused-ring (bicyclic) bond motifs is 13. The van der Waals surface area contributed by atoms with Crippen molar-refractivity contribution in [1.82, 2.24) is 42.4 Å². The van der Waals surface area contributed by atoms with E-state index in [9.17, 15) is 0 Å². The second-order valence-electron chi connectivity index (χ2n) is 19.5. The van der Waals surface area contributed by atoms with Gasteiger partial charge in [0, 0.05) is 28.1 Å². The van der Waals surface area contributed by atoms with Gasteiger partial charge in [-0.2, -0.15) is 0 Å². The summed E-state index contributed by atoms with van der Waals surface area (Å²) in [7, 11) is -3.05. The molecule has 0 aliphatic heterocycles. The first kappa shape index (κ1) is 42.4. The van der Waals surface area contributed by atoms with E-state index in [0.29, 0.717) is 17.5 Å². The number of hydrogen-bond donors (Lipinski definition) is 0. The summed E-state index contributed by atoms with van der Waals surface area (Å²) in [6.45, 7) is 0. The Morgan fingerprint density at radius 3 is 1.20 bits per heavy atom. The summed E-state index contributed by atoms with van der Waals surface area (Å²) in [6.07, 6.45) is 0. The molecule has 0 radical (unpaired) electrons. The lowest BCUT2D eigenvalue weighted by Gasteiger charge is -2.35. The van der Waals surface area contributed by atoms with Gasteiger partial charge in [-0.3, -0.25) is 17.9 Å². The van der Waals surface area contributed by atoms with Crippen LogP contribution in [0.1, 0.15) is 0 Å². The molecule has 356 valence electrons. The minimum Gasteiger partial charge on any atom is -0.309 e. The van der Waals surface area contributed by atoms with E-state index in [1.807, 2.05) is 12.1 Å². The van der Waals surface area contributed by atoms with Crippen molar-refractivity contribution in [2.75, 3.05) is 0 Å². The van der Waals surface area contributed by atoms with Crippen LogP contribution in [0.2, 0.25) is 0 Å². The maximum Gasteiger partial charge on any atom is 0.221 e. The van der Waals surface area contributed by atoms with Crippen LogP contribution < -0.4 is 20.7 Å². The van der Waals surface area contributed by atoms with Crippen molar-refractivity contribution in [1.29, 1.82) is 0 Å². The maximum absolute atomic E-state index is 5.55. The van der Waals surface area contributed by atoms with Gasteiger partial charge in [-0.25, -0.2) is 19.9 Å². The quantitative estimate of drug-likeness (QED) is 0.112. The van der Waals surface area contributed by atoms with Gasteiger partial charge in [0.25, 0.3) is 0 Å². The van der Waals surface area contributed by atoms with E-state index < -0.39 is 8.07 Å². The highest BCUT2D eigenvalue weighted by molar-refractivity contribution is 7.19. The summed E-state index contributed by atoms with van der Waals surface area (Å²) in [5.41, 5.74) is 12.3. The van der Waals surface area contributed by atoms with Gasteiger partial charge in [-0.1, -0.05) is 182 Å². The Morgan fingerprint density at radius 2 is 0.684 bits per heavy atom. The molecule has 0 atom stereocenters. The average molecular weight is 990 g/mol. The van der Waals surface area contributed by atoms with Crippen molar-refractivity contribution in [2.45, 2.75) is 0 Å². The fourth-order valence-corrected chi connectivity index (χ4v) is 17.0. The van der Waals surface area contributed by atoms with Gasteiger partial charge in [-0.15, -0.1) is 0 Å². The number of aromatic nitrogens is 9. The third-order valence-corrected chi connectivity index (χ3v) is 20.3. The molecule has 0 saturated heterocycles. The minimum atomic E-state index is -3.05. The van der Waals surface area contributed by atoms with Gasteiger partial charge in [0.15, 0.2) is 13.9 Å². The van der Waals surface area contributed by atoms with Gasteiger partial charge in [-0.05, 0) is 93.5 Å². The van der Waals surface area contributed by atoms with Crippen LogP contribution in [0.25, 0.3) is 106 Å². The van der Waals surface area contributed by atoms with Crippen molar-refractivity contribution in [2.24, 2.45) is 0 Å².